The Morgan fingerprint density at radius 1 is 1.36 bits per heavy atom. The molecule has 0 N–H and O–H groups in total. The molecule has 0 saturated heterocycles. The second kappa shape index (κ2) is 5.91. The van der Waals surface area contributed by atoms with Crippen molar-refractivity contribution in [1.29, 1.82) is 0 Å². The third-order valence-electron chi connectivity index (χ3n) is 4.31. The predicted octanol–water partition coefficient (Wildman–Crippen LogP) is 4.03. The fourth-order valence-corrected chi connectivity index (χ4v) is 3.20. The molecule has 0 aliphatic carbocycles. The molecule has 3 heteroatoms. The van der Waals surface area contributed by atoms with Crippen molar-refractivity contribution < 1.29 is 4.79 Å². The van der Waals surface area contributed by atoms with Crippen LogP contribution in [0, 0.1) is 13.8 Å². The van der Waals surface area contributed by atoms with Crippen LogP contribution in [0.3, 0.4) is 0 Å². The lowest BCUT2D eigenvalue weighted by Crippen LogP contribution is -2.36. The number of nitrogens with zero attached hydrogens (tertiary/aromatic N) is 2. The van der Waals surface area contributed by atoms with Gasteiger partial charge in [0.15, 0.2) is 0 Å². The van der Waals surface area contributed by atoms with E-state index in [0.29, 0.717) is 6.54 Å². The van der Waals surface area contributed by atoms with Crippen LogP contribution in [0.2, 0.25) is 0 Å². The van der Waals surface area contributed by atoms with Crippen LogP contribution in [0.25, 0.3) is 10.9 Å². The van der Waals surface area contributed by atoms with E-state index < -0.39 is 0 Å². The molecule has 2 aromatic rings. The molecule has 1 aliphatic rings. The molecular formula is C19H22N2O. The van der Waals surface area contributed by atoms with Crippen LogP contribution in [0.4, 0.5) is 0 Å². The predicted molar refractivity (Wildman–Crippen MR) is 90.1 cm³/mol. The maximum Gasteiger partial charge on any atom is 0.255 e. The zero-order chi connectivity index (χ0) is 15.7. The van der Waals surface area contributed by atoms with Gasteiger partial charge in [-0.2, -0.15) is 0 Å². The van der Waals surface area contributed by atoms with Crippen molar-refractivity contribution >= 4 is 16.8 Å². The van der Waals surface area contributed by atoms with Crippen LogP contribution >= 0.6 is 0 Å². The zero-order valence-electron chi connectivity index (χ0n) is 13.5. The summed E-state index contributed by atoms with van der Waals surface area (Å²) < 4.78 is 0. The van der Waals surface area contributed by atoms with Gasteiger partial charge in [-0.3, -0.25) is 9.78 Å². The molecule has 2 heterocycles. The van der Waals surface area contributed by atoms with Crippen LogP contribution in [-0.4, -0.2) is 28.4 Å². The van der Waals surface area contributed by atoms with Gasteiger partial charge >= 0.3 is 0 Å². The number of amides is 1. The van der Waals surface area contributed by atoms with Gasteiger partial charge in [0, 0.05) is 17.6 Å². The molecule has 1 atom stereocenters. The standard InChI is InChI=1S/C19H22N2O/c1-4-7-15-9-6-11-21(15)19(22)17-12-14(3)20-18-13(2)8-5-10-16(17)18/h5-6,8-10,12,15H,4,7,11H2,1-3H3/t15-/m1/s1. The summed E-state index contributed by atoms with van der Waals surface area (Å²) in [5, 5.41) is 0.956. The molecule has 1 amide bonds. The highest BCUT2D eigenvalue weighted by molar-refractivity contribution is 6.07. The van der Waals surface area contributed by atoms with E-state index >= 15 is 0 Å². The minimum Gasteiger partial charge on any atom is -0.328 e. The van der Waals surface area contributed by atoms with Crippen LogP contribution in [0.15, 0.2) is 36.4 Å². The minimum atomic E-state index is 0.115. The van der Waals surface area contributed by atoms with E-state index in [9.17, 15) is 4.79 Å². The summed E-state index contributed by atoms with van der Waals surface area (Å²) in [5.41, 5.74) is 3.71. The molecule has 3 nitrogen and oxygen atoms in total. The molecule has 0 spiro atoms. The summed E-state index contributed by atoms with van der Waals surface area (Å²) >= 11 is 0. The van der Waals surface area contributed by atoms with Gasteiger partial charge in [0.05, 0.1) is 17.1 Å². The lowest BCUT2D eigenvalue weighted by Gasteiger charge is -2.25. The summed E-state index contributed by atoms with van der Waals surface area (Å²) in [6.07, 6.45) is 6.35. The molecule has 114 valence electrons. The van der Waals surface area contributed by atoms with Gasteiger partial charge in [-0.05, 0) is 31.9 Å². The fourth-order valence-electron chi connectivity index (χ4n) is 3.20. The molecule has 1 aromatic heterocycles. The smallest absolute Gasteiger partial charge is 0.255 e. The lowest BCUT2D eigenvalue weighted by atomic mass is 10.0. The minimum absolute atomic E-state index is 0.115. The first-order valence-electron chi connectivity index (χ1n) is 7.96. The highest BCUT2D eigenvalue weighted by atomic mass is 16.2. The molecule has 3 rings (SSSR count). The summed E-state index contributed by atoms with van der Waals surface area (Å²) in [7, 11) is 0. The molecular weight excluding hydrogens is 272 g/mol. The normalized spacial score (nSPS) is 17.4. The Labute approximate surface area is 131 Å². The fraction of sp³-hybridized carbons (Fsp3) is 0.368. The highest BCUT2D eigenvalue weighted by Gasteiger charge is 2.26. The number of pyridine rings is 1. The van der Waals surface area contributed by atoms with Crippen LogP contribution in [0.5, 0.6) is 0 Å². The van der Waals surface area contributed by atoms with Crippen molar-refractivity contribution in [2.24, 2.45) is 0 Å². The average molecular weight is 294 g/mol. The second-order valence-electron chi connectivity index (χ2n) is 6.02. The summed E-state index contributed by atoms with van der Waals surface area (Å²) in [5.74, 6) is 0.115. The lowest BCUT2D eigenvalue weighted by molar-refractivity contribution is 0.0746. The van der Waals surface area contributed by atoms with Gasteiger partial charge in [-0.1, -0.05) is 43.7 Å². The van der Waals surface area contributed by atoms with Crippen LogP contribution < -0.4 is 0 Å². The van der Waals surface area contributed by atoms with E-state index in [0.717, 1.165) is 40.6 Å². The van der Waals surface area contributed by atoms with Crippen molar-refractivity contribution in [2.75, 3.05) is 6.54 Å². The van der Waals surface area contributed by atoms with Crippen molar-refractivity contribution in [3.8, 4) is 0 Å². The Morgan fingerprint density at radius 3 is 2.95 bits per heavy atom. The SMILES string of the molecule is CCC[C@@H]1C=CCN1C(=O)c1cc(C)nc2c(C)cccc12. The van der Waals surface area contributed by atoms with Crippen molar-refractivity contribution in [1.82, 2.24) is 9.88 Å². The maximum atomic E-state index is 13.1. The highest BCUT2D eigenvalue weighted by Crippen LogP contribution is 2.25. The Hall–Kier alpha value is -2.16. The number of para-hydroxylation sites is 1. The first-order chi connectivity index (χ1) is 10.6. The quantitative estimate of drug-likeness (QED) is 0.801. The van der Waals surface area contributed by atoms with Gasteiger partial charge in [0.1, 0.15) is 0 Å². The summed E-state index contributed by atoms with van der Waals surface area (Å²) in [6.45, 7) is 6.86. The van der Waals surface area contributed by atoms with E-state index in [-0.39, 0.29) is 11.9 Å². The number of carbonyl (C=O) groups is 1. The molecule has 0 unspecified atom stereocenters. The van der Waals surface area contributed by atoms with Crippen molar-refractivity contribution in [2.45, 2.75) is 39.7 Å². The Kier molecular flexibility index (Phi) is 3.97. The third-order valence-corrected chi connectivity index (χ3v) is 4.31. The van der Waals surface area contributed by atoms with Crippen molar-refractivity contribution in [3.05, 3.63) is 53.2 Å². The third kappa shape index (κ3) is 2.52. The topological polar surface area (TPSA) is 33.2 Å². The number of benzene rings is 1. The number of rotatable bonds is 3. The number of fused-ring (bicyclic) bond motifs is 1. The maximum absolute atomic E-state index is 13.1. The van der Waals surface area contributed by atoms with Crippen LogP contribution in [0.1, 0.15) is 41.4 Å². The number of hydrogen-bond acceptors (Lipinski definition) is 2. The van der Waals surface area contributed by atoms with Gasteiger partial charge in [0.2, 0.25) is 0 Å². The number of aromatic nitrogens is 1. The first kappa shape index (κ1) is 14.8. The molecule has 0 bridgehead atoms. The Balaban J connectivity index is 2.06. The van der Waals surface area contributed by atoms with E-state index in [2.05, 4.69) is 24.1 Å². The number of hydrogen-bond donors (Lipinski definition) is 0. The summed E-state index contributed by atoms with van der Waals surface area (Å²) in [4.78, 5) is 19.7. The number of aryl methyl sites for hydroxylation is 2. The molecule has 0 fully saturated rings. The van der Waals surface area contributed by atoms with Gasteiger partial charge in [-0.15, -0.1) is 0 Å². The van der Waals surface area contributed by atoms with Crippen LogP contribution in [-0.2, 0) is 0 Å². The van der Waals surface area contributed by atoms with E-state index in [1.165, 1.54) is 0 Å². The van der Waals surface area contributed by atoms with E-state index in [1.807, 2.05) is 43.0 Å². The van der Waals surface area contributed by atoms with Crippen molar-refractivity contribution in [3.63, 3.8) is 0 Å². The summed E-state index contributed by atoms with van der Waals surface area (Å²) in [6, 6.07) is 8.19. The van der Waals surface area contributed by atoms with Gasteiger partial charge in [0.25, 0.3) is 5.91 Å². The number of carbonyl (C=O) groups excluding carboxylic acids is 1. The molecule has 1 aliphatic heterocycles. The zero-order valence-corrected chi connectivity index (χ0v) is 13.5. The average Bonchev–Trinajstić information content (AvgIpc) is 2.95. The van der Waals surface area contributed by atoms with Gasteiger partial charge in [-0.25, -0.2) is 0 Å². The Bertz CT molecular complexity index is 748. The Morgan fingerprint density at radius 2 is 2.18 bits per heavy atom. The first-order valence-corrected chi connectivity index (χ1v) is 7.96. The molecule has 22 heavy (non-hydrogen) atoms. The van der Waals surface area contributed by atoms with E-state index in [1.54, 1.807) is 0 Å². The molecule has 1 aromatic carbocycles. The monoisotopic (exact) mass is 294 g/mol. The van der Waals surface area contributed by atoms with Gasteiger partial charge < -0.3 is 4.90 Å². The van der Waals surface area contributed by atoms with E-state index in [4.69, 9.17) is 0 Å². The molecule has 0 radical (unpaired) electrons. The largest absolute Gasteiger partial charge is 0.328 e. The molecule has 0 saturated carbocycles. The second-order valence-corrected chi connectivity index (χ2v) is 6.02.